The van der Waals surface area contributed by atoms with Crippen LogP contribution in [0, 0.1) is 11.8 Å². The first-order chi connectivity index (χ1) is 17.9. The standard InChI is InChI=1S/C29H40N4O4/c1-32-18-15-31-28(32)5-3-4-16-33-17-13-21(22(20-33)7-11-29(35)36)6-10-27(34)24-12-14-30-26-9-8-23(37-2)19-25(24)26/h8-9,12,14-15,18-19,21-22,27,34H,3-7,10-11,13,16-17,20H2,1-2H3,(H,35,36)/t21-,22-,27-/m1/s1. The van der Waals surface area contributed by atoms with Crippen molar-refractivity contribution < 1.29 is 19.7 Å². The lowest BCUT2D eigenvalue weighted by molar-refractivity contribution is -0.137. The Balaban J connectivity index is 1.32. The number of likely N-dealkylation sites (tertiary alicyclic amines) is 1. The Bertz CT molecular complexity index is 1160. The number of nitrogens with zero attached hydrogens (tertiary/aromatic N) is 4. The van der Waals surface area contributed by atoms with Gasteiger partial charge in [-0.25, -0.2) is 4.98 Å². The number of methoxy groups -OCH3 is 1. The maximum Gasteiger partial charge on any atom is 0.303 e. The number of pyridine rings is 1. The average molecular weight is 509 g/mol. The third-order valence-electron chi connectivity index (χ3n) is 7.90. The number of aliphatic hydroxyl groups is 1. The number of rotatable bonds is 13. The molecule has 0 bridgehead atoms. The SMILES string of the molecule is COc1ccc2nccc([C@H](O)CC[C@@H]3CCN(CCCCc4nccn4C)C[C@H]3CCC(=O)O)c2c1. The summed E-state index contributed by atoms with van der Waals surface area (Å²) >= 11 is 0. The van der Waals surface area contributed by atoms with Crippen LogP contribution in [0.4, 0.5) is 0 Å². The van der Waals surface area contributed by atoms with E-state index in [-0.39, 0.29) is 6.42 Å². The molecule has 1 fully saturated rings. The molecule has 8 heteroatoms. The summed E-state index contributed by atoms with van der Waals surface area (Å²) in [6, 6.07) is 7.62. The Morgan fingerprint density at radius 2 is 2.03 bits per heavy atom. The number of ether oxygens (including phenoxy) is 1. The minimum atomic E-state index is -0.733. The van der Waals surface area contributed by atoms with Crippen molar-refractivity contribution in [3.8, 4) is 5.75 Å². The van der Waals surface area contributed by atoms with Crippen LogP contribution in [0.3, 0.4) is 0 Å². The number of imidazole rings is 1. The van der Waals surface area contributed by atoms with Crippen LogP contribution >= 0.6 is 0 Å². The zero-order chi connectivity index (χ0) is 26.2. The van der Waals surface area contributed by atoms with Crippen LogP contribution in [0.15, 0.2) is 42.9 Å². The molecule has 0 saturated carbocycles. The topological polar surface area (TPSA) is 101 Å². The first kappa shape index (κ1) is 27.1. The van der Waals surface area contributed by atoms with Gasteiger partial charge >= 0.3 is 5.97 Å². The largest absolute Gasteiger partial charge is 0.497 e. The highest BCUT2D eigenvalue weighted by atomic mass is 16.5. The monoisotopic (exact) mass is 508 g/mol. The van der Waals surface area contributed by atoms with Gasteiger partial charge in [-0.3, -0.25) is 9.78 Å². The number of fused-ring (bicyclic) bond motifs is 1. The lowest BCUT2D eigenvalue weighted by Gasteiger charge is -2.39. The van der Waals surface area contributed by atoms with Crippen LogP contribution in [-0.4, -0.2) is 62.4 Å². The van der Waals surface area contributed by atoms with Crippen molar-refractivity contribution >= 4 is 16.9 Å². The molecule has 3 atom stereocenters. The van der Waals surface area contributed by atoms with Crippen molar-refractivity contribution in [3.05, 3.63) is 54.2 Å². The van der Waals surface area contributed by atoms with Gasteiger partial charge in [-0.05, 0) is 93.3 Å². The second kappa shape index (κ2) is 13.0. The van der Waals surface area contributed by atoms with E-state index in [0.717, 1.165) is 79.8 Å². The molecule has 200 valence electrons. The van der Waals surface area contributed by atoms with Gasteiger partial charge in [-0.2, -0.15) is 0 Å². The van der Waals surface area contributed by atoms with Crippen LogP contribution in [0.25, 0.3) is 10.9 Å². The van der Waals surface area contributed by atoms with Gasteiger partial charge in [0.25, 0.3) is 0 Å². The van der Waals surface area contributed by atoms with Gasteiger partial charge in [-0.15, -0.1) is 0 Å². The molecule has 0 aliphatic carbocycles. The van der Waals surface area contributed by atoms with Crippen LogP contribution in [0.2, 0.25) is 0 Å². The molecule has 37 heavy (non-hydrogen) atoms. The molecule has 1 aliphatic rings. The van der Waals surface area contributed by atoms with Gasteiger partial charge in [0, 0.05) is 50.4 Å². The Kier molecular flexibility index (Phi) is 9.52. The van der Waals surface area contributed by atoms with Gasteiger partial charge in [0.15, 0.2) is 0 Å². The van der Waals surface area contributed by atoms with E-state index in [1.165, 1.54) is 0 Å². The van der Waals surface area contributed by atoms with Crippen molar-refractivity contribution in [2.24, 2.45) is 18.9 Å². The zero-order valence-electron chi connectivity index (χ0n) is 22.1. The second-order valence-corrected chi connectivity index (χ2v) is 10.3. The zero-order valence-corrected chi connectivity index (χ0v) is 22.1. The number of aliphatic carboxylic acids is 1. The molecular weight excluding hydrogens is 468 g/mol. The third-order valence-corrected chi connectivity index (χ3v) is 7.90. The molecule has 4 rings (SSSR count). The van der Waals surface area contributed by atoms with Crippen LogP contribution in [-0.2, 0) is 18.3 Å². The molecule has 0 unspecified atom stereocenters. The summed E-state index contributed by atoms with van der Waals surface area (Å²) in [6.45, 7) is 3.00. The van der Waals surface area contributed by atoms with E-state index >= 15 is 0 Å². The number of aryl methyl sites for hydroxylation is 2. The number of aromatic nitrogens is 3. The number of piperidine rings is 1. The highest BCUT2D eigenvalue weighted by Crippen LogP contribution is 2.35. The van der Waals surface area contributed by atoms with Gasteiger partial charge in [0.1, 0.15) is 11.6 Å². The number of hydrogen-bond donors (Lipinski definition) is 2. The lowest BCUT2D eigenvalue weighted by atomic mass is 9.79. The molecule has 0 amide bonds. The first-order valence-electron chi connectivity index (χ1n) is 13.5. The summed E-state index contributed by atoms with van der Waals surface area (Å²) in [6.07, 6.45) is 11.6. The molecule has 2 N–H and O–H groups in total. The molecule has 0 spiro atoms. The van der Waals surface area contributed by atoms with E-state index in [1.54, 1.807) is 13.3 Å². The minimum absolute atomic E-state index is 0.200. The fraction of sp³-hybridized carbons (Fsp3) is 0.552. The highest BCUT2D eigenvalue weighted by Gasteiger charge is 2.30. The van der Waals surface area contributed by atoms with E-state index < -0.39 is 12.1 Å². The summed E-state index contributed by atoms with van der Waals surface area (Å²) in [5, 5.41) is 21.4. The number of carboxylic acid groups (broad SMARTS) is 1. The Morgan fingerprint density at radius 1 is 1.16 bits per heavy atom. The minimum Gasteiger partial charge on any atom is -0.497 e. The quantitative estimate of drug-likeness (QED) is 0.325. The first-order valence-corrected chi connectivity index (χ1v) is 13.5. The van der Waals surface area contributed by atoms with Crippen LogP contribution in [0.5, 0.6) is 5.75 Å². The van der Waals surface area contributed by atoms with Crippen molar-refractivity contribution in [2.75, 3.05) is 26.7 Å². The van der Waals surface area contributed by atoms with Crippen LogP contribution < -0.4 is 4.74 Å². The smallest absolute Gasteiger partial charge is 0.303 e. The number of carboxylic acids is 1. The number of aliphatic hydroxyl groups excluding tert-OH is 1. The van der Waals surface area contributed by atoms with Crippen molar-refractivity contribution in [1.82, 2.24) is 19.4 Å². The Morgan fingerprint density at radius 3 is 2.78 bits per heavy atom. The third kappa shape index (κ3) is 7.29. The summed E-state index contributed by atoms with van der Waals surface area (Å²) < 4.78 is 7.45. The van der Waals surface area contributed by atoms with Gasteiger partial charge < -0.3 is 24.4 Å². The van der Waals surface area contributed by atoms with Crippen molar-refractivity contribution in [2.45, 2.75) is 57.5 Å². The summed E-state index contributed by atoms with van der Waals surface area (Å²) in [5.74, 6) is 1.89. The van der Waals surface area contributed by atoms with Gasteiger partial charge in [-0.1, -0.05) is 0 Å². The van der Waals surface area contributed by atoms with E-state index in [0.29, 0.717) is 24.7 Å². The van der Waals surface area contributed by atoms with Crippen molar-refractivity contribution in [3.63, 3.8) is 0 Å². The maximum atomic E-state index is 11.3. The Hall–Kier alpha value is -2.97. The molecule has 3 heterocycles. The van der Waals surface area contributed by atoms with Crippen molar-refractivity contribution in [1.29, 1.82) is 0 Å². The highest BCUT2D eigenvalue weighted by molar-refractivity contribution is 5.83. The fourth-order valence-corrected chi connectivity index (χ4v) is 5.72. The van der Waals surface area contributed by atoms with Gasteiger partial charge in [0.05, 0.1) is 18.7 Å². The molecule has 1 aromatic carbocycles. The molecule has 3 aromatic rings. The molecule has 0 radical (unpaired) electrons. The summed E-state index contributed by atoms with van der Waals surface area (Å²) in [7, 11) is 3.67. The number of unbranched alkanes of at least 4 members (excludes halogenated alkanes) is 1. The van der Waals surface area contributed by atoms with E-state index in [4.69, 9.17) is 4.74 Å². The number of carbonyl (C=O) groups is 1. The number of benzene rings is 1. The molecule has 1 saturated heterocycles. The predicted octanol–water partition coefficient (Wildman–Crippen LogP) is 4.62. The average Bonchev–Trinajstić information content (AvgIpc) is 3.32. The normalized spacial score (nSPS) is 19.2. The predicted molar refractivity (Wildman–Crippen MR) is 144 cm³/mol. The molecule has 2 aromatic heterocycles. The Labute approximate surface area is 219 Å². The second-order valence-electron chi connectivity index (χ2n) is 10.3. The fourth-order valence-electron chi connectivity index (χ4n) is 5.72. The van der Waals surface area contributed by atoms with Crippen LogP contribution in [0.1, 0.15) is 62.4 Å². The molecule has 8 nitrogen and oxygen atoms in total. The lowest BCUT2D eigenvalue weighted by Crippen LogP contribution is -2.41. The van der Waals surface area contributed by atoms with E-state index in [2.05, 4.69) is 19.4 Å². The summed E-state index contributed by atoms with van der Waals surface area (Å²) in [5.41, 5.74) is 1.71. The maximum absolute atomic E-state index is 11.3. The van der Waals surface area contributed by atoms with Gasteiger partial charge in [0.2, 0.25) is 0 Å². The molecular formula is C29H40N4O4. The van der Waals surface area contributed by atoms with E-state index in [9.17, 15) is 15.0 Å². The summed E-state index contributed by atoms with van der Waals surface area (Å²) in [4.78, 5) is 22.7. The number of hydrogen-bond acceptors (Lipinski definition) is 6. The van der Waals surface area contributed by atoms with E-state index in [1.807, 2.05) is 43.7 Å². The molecule has 1 aliphatic heterocycles.